The predicted octanol–water partition coefficient (Wildman–Crippen LogP) is 4.26. The SMILES string of the molecule is COc1cc(N2CCN(C(=O)Cn3nc(C(F)(F)F)c(Cl)c3C)[C@@H](C)C2)ccc1Cl. The van der Waals surface area contributed by atoms with E-state index in [1.165, 1.54) is 14.0 Å². The highest BCUT2D eigenvalue weighted by atomic mass is 35.5. The van der Waals surface area contributed by atoms with Crippen LogP contribution in [0.15, 0.2) is 18.2 Å². The summed E-state index contributed by atoms with van der Waals surface area (Å²) in [6.07, 6.45) is -4.67. The largest absolute Gasteiger partial charge is 0.495 e. The van der Waals surface area contributed by atoms with E-state index in [1.807, 2.05) is 19.1 Å². The van der Waals surface area contributed by atoms with Crippen LogP contribution in [0.1, 0.15) is 18.3 Å². The number of aromatic nitrogens is 2. The normalized spacial score (nSPS) is 17.4. The minimum Gasteiger partial charge on any atom is -0.495 e. The quantitative estimate of drug-likeness (QED) is 0.677. The Hall–Kier alpha value is -2.13. The molecule has 1 fully saturated rings. The van der Waals surface area contributed by atoms with Gasteiger partial charge in [0.15, 0.2) is 5.69 Å². The molecule has 3 rings (SSSR count). The fraction of sp³-hybridized carbons (Fsp3) is 0.474. The van der Waals surface area contributed by atoms with Crippen molar-refractivity contribution in [3.8, 4) is 5.75 Å². The van der Waals surface area contributed by atoms with E-state index >= 15 is 0 Å². The Balaban J connectivity index is 1.70. The first-order valence-electron chi connectivity index (χ1n) is 9.21. The van der Waals surface area contributed by atoms with E-state index in [0.29, 0.717) is 30.4 Å². The molecule has 1 atom stereocenters. The first kappa shape index (κ1) is 22.6. The van der Waals surface area contributed by atoms with Crippen LogP contribution in [0.2, 0.25) is 10.0 Å². The number of alkyl halides is 3. The van der Waals surface area contributed by atoms with Crippen molar-refractivity contribution < 1.29 is 22.7 Å². The molecule has 11 heteroatoms. The summed E-state index contributed by atoms with van der Waals surface area (Å²) in [5, 5.41) is 3.53. The number of nitrogens with zero attached hydrogens (tertiary/aromatic N) is 4. The monoisotopic (exact) mass is 464 g/mol. The van der Waals surface area contributed by atoms with Gasteiger partial charge >= 0.3 is 6.18 Å². The molecule has 1 aromatic heterocycles. The second kappa shape index (κ2) is 8.55. The molecule has 30 heavy (non-hydrogen) atoms. The van der Waals surface area contributed by atoms with E-state index in [9.17, 15) is 18.0 Å². The van der Waals surface area contributed by atoms with Crippen LogP contribution < -0.4 is 9.64 Å². The molecular formula is C19H21Cl2F3N4O2. The molecule has 0 unspecified atom stereocenters. The second-order valence-corrected chi connectivity index (χ2v) is 7.89. The smallest absolute Gasteiger partial charge is 0.436 e. The molecule has 0 bridgehead atoms. The van der Waals surface area contributed by atoms with Gasteiger partial charge in [0, 0.05) is 37.4 Å². The maximum absolute atomic E-state index is 13.0. The topological polar surface area (TPSA) is 50.6 Å². The van der Waals surface area contributed by atoms with Crippen LogP contribution in [0.4, 0.5) is 18.9 Å². The van der Waals surface area contributed by atoms with Crippen molar-refractivity contribution in [2.24, 2.45) is 0 Å². The first-order chi connectivity index (χ1) is 14.0. The molecule has 1 amide bonds. The molecule has 6 nitrogen and oxygen atoms in total. The third kappa shape index (κ3) is 4.46. The van der Waals surface area contributed by atoms with E-state index in [2.05, 4.69) is 10.00 Å². The maximum Gasteiger partial charge on any atom is 0.436 e. The first-order valence-corrected chi connectivity index (χ1v) is 9.96. The van der Waals surface area contributed by atoms with Gasteiger partial charge in [-0.25, -0.2) is 0 Å². The predicted molar refractivity (Wildman–Crippen MR) is 108 cm³/mol. The number of hydrogen-bond acceptors (Lipinski definition) is 4. The van der Waals surface area contributed by atoms with Crippen molar-refractivity contribution >= 4 is 34.8 Å². The lowest BCUT2D eigenvalue weighted by molar-refractivity contribution is -0.142. The highest BCUT2D eigenvalue weighted by molar-refractivity contribution is 6.32. The van der Waals surface area contributed by atoms with Gasteiger partial charge in [0.1, 0.15) is 12.3 Å². The van der Waals surface area contributed by atoms with Gasteiger partial charge in [-0.15, -0.1) is 0 Å². The summed E-state index contributed by atoms with van der Waals surface area (Å²) in [4.78, 5) is 16.5. The van der Waals surface area contributed by atoms with Crippen molar-refractivity contribution in [2.75, 3.05) is 31.6 Å². The molecule has 0 saturated carbocycles. The second-order valence-electron chi connectivity index (χ2n) is 7.10. The van der Waals surface area contributed by atoms with E-state index in [1.54, 1.807) is 11.0 Å². The lowest BCUT2D eigenvalue weighted by Gasteiger charge is -2.41. The number of carbonyl (C=O) groups excluding carboxylic acids is 1. The van der Waals surface area contributed by atoms with Crippen molar-refractivity contribution in [1.82, 2.24) is 14.7 Å². The number of ether oxygens (including phenoxy) is 1. The summed E-state index contributed by atoms with van der Waals surface area (Å²) < 4.78 is 45.3. The lowest BCUT2D eigenvalue weighted by atomic mass is 10.1. The van der Waals surface area contributed by atoms with E-state index < -0.39 is 16.9 Å². The van der Waals surface area contributed by atoms with Gasteiger partial charge in [-0.2, -0.15) is 18.3 Å². The van der Waals surface area contributed by atoms with Crippen LogP contribution in [0, 0.1) is 6.92 Å². The molecule has 2 aromatic rings. The van der Waals surface area contributed by atoms with Crippen molar-refractivity contribution in [1.29, 1.82) is 0 Å². The Kier molecular flexibility index (Phi) is 6.43. The van der Waals surface area contributed by atoms with Crippen LogP contribution in [0.3, 0.4) is 0 Å². The number of amides is 1. The molecule has 1 aliphatic heterocycles. The number of hydrogen-bond donors (Lipinski definition) is 0. The molecule has 0 spiro atoms. The van der Waals surface area contributed by atoms with Crippen molar-refractivity contribution in [3.63, 3.8) is 0 Å². The molecular weight excluding hydrogens is 444 g/mol. The van der Waals surface area contributed by atoms with Gasteiger partial charge in [-0.05, 0) is 26.0 Å². The Morgan fingerprint density at radius 3 is 2.57 bits per heavy atom. The molecule has 164 valence electrons. The average molecular weight is 465 g/mol. The minimum atomic E-state index is -4.67. The van der Waals surface area contributed by atoms with Gasteiger partial charge in [0.2, 0.25) is 5.91 Å². The Morgan fingerprint density at radius 2 is 2.00 bits per heavy atom. The van der Waals surface area contributed by atoms with Crippen molar-refractivity contribution in [3.05, 3.63) is 39.6 Å². The minimum absolute atomic E-state index is 0.108. The highest BCUT2D eigenvalue weighted by Gasteiger charge is 2.38. The lowest BCUT2D eigenvalue weighted by Crippen LogP contribution is -2.54. The summed E-state index contributed by atoms with van der Waals surface area (Å²) in [6, 6.07) is 5.31. The van der Waals surface area contributed by atoms with Gasteiger partial charge < -0.3 is 14.5 Å². The van der Waals surface area contributed by atoms with E-state index in [4.69, 9.17) is 27.9 Å². The number of anilines is 1. The zero-order valence-corrected chi connectivity index (χ0v) is 18.1. The summed E-state index contributed by atoms with van der Waals surface area (Å²) in [5.41, 5.74) is -0.152. The zero-order valence-electron chi connectivity index (χ0n) is 16.6. The number of piperazine rings is 1. The van der Waals surface area contributed by atoms with E-state index in [-0.39, 0.29) is 24.2 Å². The van der Waals surface area contributed by atoms with Gasteiger partial charge in [-0.3, -0.25) is 9.48 Å². The molecule has 1 aromatic carbocycles. The molecule has 0 aliphatic carbocycles. The standard InChI is InChI=1S/C19H21Cl2F3N4O2/c1-11-9-26(13-4-5-14(20)15(8-13)30-3)6-7-27(11)16(29)10-28-12(2)17(21)18(25-28)19(22,23)24/h4-5,8,11H,6-7,9-10H2,1-3H3/t11-/m0/s1. The average Bonchev–Trinajstić information content (AvgIpc) is 2.96. The molecule has 0 radical (unpaired) electrons. The highest BCUT2D eigenvalue weighted by Crippen LogP contribution is 2.35. The number of halogens is 5. The van der Waals surface area contributed by atoms with Crippen LogP contribution in [-0.4, -0.2) is 53.4 Å². The van der Waals surface area contributed by atoms with Crippen LogP contribution in [0.5, 0.6) is 5.75 Å². The fourth-order valence-corrected chi connectivity index (χ4v) is 3.92. The summed E-state index contributed by atoms with van der Waals surface area (Å²) in [5.74, 6) is 0.249. The van der Waals surface area contributed by atoms with Crippen LogP contribution >= 0.6 is 23.2 Å². The Morgan fingerprint density at radius 1 is 1.30 bits per heavy atom. The van der Waals surface area contributed by atoms with Crippen LogP contribution in [-0.2, 0) is 17.5 Å². The number of carbonyl (C=O) groups is 1. The molecule has 1 saturated heterocycles. The third-order valence-electron chi connectivity index (χ3n) is 5.13. The summed E-state index contributed by atoms with van der Waals surface area (Å²) in [7, 11) is 1.54. The zero-order chi connectivity index (χ0) is 22.2. The number of benzene rings is 1. The van der Waals surface area contributed by atoms with Crippen LogP contribution in [0.25, 0.3) is 0 Å². The fourth-order valence-electron chi connectivity index (χ4n) is 3.49. The third-order valence-corrected chi connectivity index (χ3v) is 5.90. The van der Waals surface area contributed by atoms with E-state index in [0.717, 1.165) is 10.4 Å². The molecule has 0 N–H and O–H groups in total. The van der Waals surface area contributed by atoms with Gasteiger partial charge in [0.25, 0.3) is 0 Å². The Labute approximate surface area is 182 Å². The maximum atomic E-state index is 13.0. The molecule has 1 aliphatic rings. The van der Waals surface area contributed by atoms with Gasteiger partial charge in [-0.1, -0.05) is 23.2 Å². The molecule has 2 heterocycles. The number of rotatable bonds is 4. The number of methoxy groups -OCH3 is 1. The summed E-state index contributed by atoms with van der Waals surface area (Å²) >= 11 is 11.8. The summed E-state index contributed by atoms with van der Waals surface area (Å²) in [6.45, 7) is 4.54. The van der Waals surface area contributed by atoms with Gasteiger partial charge in [0.05, 0.1) is 22.8 Å². The Bertz CT molecular complexity index is 949. The van der Waals surface area contributed by atoms with Crippen molar-refractivity contribution in [2.45, 2.75) is 32.6 Å².